The van der Waals surface area contributed by atoms with Crippen molar-refractivity contribution in [3.8, 4) is 0 Å². The van der Waals surface area contributed by atoms with Gasteiger partial charge < -0.3 is 4.98 Å². The normalized spacial score (nSPS) is 11.3. The number of pyridine rings is 1. The molecule has 8 heteroatoms. The summed E-state index contributed by atoms with van der Waals surface area (Å²) in [5.41, 5.74) is -0.702. The van der Waals surface area contributed by atoms with Gasteiger partial charge in [-0.2, -0.15) is 0 Å². The maximum atomic E-state index is 13.4. The molecule has 2 rings (SSSR count). The largest absolute Gasteiger partial charge is 0.328 e. The van der Waals surface area contributed by atoms with Crippen LogP contribution in [0.15, 0.2) is 46.2 Å². The quantitative estimate of drug-likeness (QED) is 0.910. The topological polar surface area (TPSA) is 79.0 Å². The number of nitrogens with one attached hydrogen (secondary N) is 2. The lowest BCUT2D eigenvalue weighted by Gasteiger charge is -2.08. The van der Waals surface area contributed by atoms with Crippen LogP contribution in [0.2, 0.25) is 5.02 Å². The zero-order valence-electron chi connectivity index (χ0n) is 9.35. The Balaban J connectivity index is 2.39. The number of aromatic nitrogens is 1. The van der Waals surface area contributed by atoms with Crippen molar-refractivity contribution in [2.24, 2.45) is 0 Å². The third kappa shape index (κ3) is 3.12. The Labute approximate surface area is 113 Å². The molecule has 1 aromatic heterocycles. The first kappa shape index (κ1) is 13.6. The second-order valence-electron chi connectivity index (χ2n) is 3.62. The highest BCUT2D eigenvalue weighted by Gasteiger charge is 2.16. The minimum Gasteiger partial charge on any atom is -0.328 e. The number of hydrogen-bond acceptors (Lipinski definition) is 3. The highest BCUT2D eigenvalue weighted by molar-refractivity contribution is 7.92. The van der Waals surface area contributed by atoms with Gasteiger partial charge in [0, 0.05) is 17.3 Å². The first-order chi connectivity index (χ1) is 8.88. The summed E-state index contributed by atoms with van der Waals surface area (Å²) in [5.74, 6) is -0.752. The molecule has 1 heterocycles. The molecule has 100 valence electrons. The molecular formula is C11H8ClFN2O3S. The molecule has 2 aromatic rings. The van der Waals surface area contributed by atoms with E-state index < -0.39 is 21.4 Å². The minimum absolute atomic E-state index is 0.188. The summed E-state index contributed by atoms with van der Waals surface area (Å²) in [6.07, 6.45) is 1.02. The van der Waals surface area contributed by atoms with Gasteiger partial charge in [0.15, 0.2) is 0 Å². The number of H-pyrrole nitrogens is 1. The second kappa shape index (κ2) is 5.02. The Morgan fingerprint density at radius 2 is 1.95 bits per heavy atom. The standard InChI is InChI=1S/C11H8ClFN2O3S/c12-7-1-3-9(13)10(5-7)15-19(17,18)8-2-4-11(16)14-6-8/h1-6,15H,(H,14,16). The molecule has 0 radical (unpaired) electrons. The number of benzene rings is 1. The van der Waals surface area contributed by atoms with E-state index in [4.69, 9.17) is 11.6 Å². The molecule has 0 aliphatic rings. The van der Waals surface area contributed by atoms with Crippen LogP contribution in [-0.2, 0) is 10.0 Å². The van der Waals surface area contributed by atoms with Gasteiger partial charge in [-0.1, -0.05) is 11.6 Å². The van der Waals surface area contributed by atoms with Crippen molar-refractivity contribution >= 4 is 27.3 Å². The van der Waals surface area contributed by atoms with Gasteiger partial charge >= 0.3 is 0 Å². The fraction of sp³-hybridized carbons (Fsp3) is 0. The smallest absolute Gasteiger partial charge is 0.263 e. The van der Waals surface area contributed by atoms with Crippen molar-refractivity contribution < 1.29 is 12.8 Å². The molecule has 5 nitrogen and oxygen atoms in total. The van der Waals surface area contributed by atoms with Gasteiger partial charge in [-0.05, 0) is 24.3 Å². The molecule has 0 aliphatic carbocycles. The van der Waals surface area contributed by atoms with Crippen LogP contribution in [0.4, 0.5) is 10.1 Å². The summed E-state index contributed by atoms with van der Waals surface area (Å²) in [7, 11) is -3.99. The number of sulfonamides is 1. The maximum Gasteiger partial charge on any atom is 0.263 e. The zero-order chi connectivity index (χ0) is 14.0. The van der Waals surface area contributed by atoms with Crippen molar-refractivity contribution in [3.63, 3.8) is 0 Å². The van der Waals surface area contributed by atoms with Crippen molar-refractivity contribution in [1.82, 2.24) is 4.98 Å². The number of anilines is 1. The van der Waals surface area contributed by atoms with E-state index >= 15 is 0 Å². The molecule has 0 unspecified atom stereocenters. The van der Waals surface area contributed by atoms with Crippen molar-refractivity contribution in [2.75, 3.05) is 4.72 Å². The van der Waals surface area contributed by atoms with Gasteiger partial charge in [0.1, 0.15) is 10.7 Å². The number of halogens is 2. The average Bonchev–Trinajstić information content (AvgIpc) is 2.34. The number of rotatable bonds is 3. The van der Waals surface area contributed by atoms with Gasteiger partial charge in [0.05, 0.1) is 5.69 Å². The van der Waals surface area contributed by atoms with Gasteiger partial charge in [0.2, 0.25) is 5.56 Å². The van der Waals surface area contributed by atoms with Gasteiger partial charge in [-0.3, -0.25) is 9.52 Å². The van der Waals surface area contributed by atoms with Gasteiger partial charge in [-0.15, -0.1) is 0 Å². The van der Waals surface area contributed by atoms with E-state index in [1.165, 1.54) is 6.07 Å². The first-order valence-corrected chi connectivity index (χ1v) is 6.91. The highest BCUT2D eigenvalue weighted by Crippen LogP contribution is 2.22. The van der Waals surface area contributed by atoms with E-state index in [1.54, 1.807) is 0 Å². The molecule has 0 aliphatic heterocycles. The van der Waals surface area contributed by atoms with E-state index in [0.717, 1.165) is 30.5 Å². The molecule has 0 saturated heterocycles. The maximum absolute atomic E-state index is 13.4. The molecule has 0 fully saturated rings. The summed E-state index contributed by atoms with van der Waals surface area (Å²) >= 11 is 5.66. The highest BCUT2D eigenvalue weighted by atomic mass is 35.5. The van der Waals surface area contributed by atoms with E-state index in [9.17, 15) is 17.6 Å². The third-order valence-electron chi connectivity index (χ3n) is 2.24. The molecule has 19 heavy (non-hydrogen) atoms. The zero-order valence-corrected chi connectivity index (χ0v) is 10.9. The Bertz CT molecular complexity index is 753. The van der Waals surface area contributed by atoms with E-state index in [2.05, 4.69) is 9.71 Å². The molecule has 0 saturated carbocycles. The van der Waals surface area contributed by atoms with E-state index in [0.29, 0.717) is 0 Å². The average molecular weight is 303 g/mol. The van der Waals surface area contributed by atoms with Crippen LogP contribution in [-0.4, -0.2) is 13.4 Å². The Kier molecular flexibility index (Phi) is 3.59. The number of hydrogen-bond donors (Lipinski definition) is 2. The molecule has 1 aromatic carbocycles. The predicted molar refractivity (Wildman–Crippen MR) is 69.3 cm³/mol. The van der Waals surface area contributed by atoms with Crippen molar-refractivity contribution in [2.45, 2.75) is 4.90 Å². The van der Waals surface area contributed by atoms with Crippen LogP contribution >= 0.6 is 11.6 Å². The van der Waals surface area contributed by atoms with Gasteiger partial charge in [0.25, 0.3) is 10.0 Å². The third-order valence-corrected chi connectivity index (χ3v) is 3.84. The van der Waals surface area contributed by atoms with Crippen LogP contribution in [0.1, 0.15) is 0 Å². The number of aromatic amines is 1. The van der Waals surface area contributed by atoms with Gasteiger partial charge in [-0.25, -0.2) is 12.8 Å². The minimum atomic E-state index is -3.99. The summed E-state index contributed by atoms with van der Waals surface area (Å²) in [4.78, 5) is 12.9. The van der Waals surface area contributed by atoms with Crippen molar-refractivity contribution in [3.05, 3.63) is 57.7 Å². The van der Waals surface area contributed by atoms with Crippen LogP contribution in [0, 0.1) is 5.82 Å². The van der Waals surface area contributed by atoms with Crippen LogP contribution in [0.3, 0.4) is 0 Å². The van der Waals surface area contributed by atoms with Crippen LogP contribution in [0.5, 0.6) is 0 Å². The molecule has 0 spiro atoms. The molecular weight excluding hydrogens is 295 g/mol. The summed E-state index contributed by atoms with van der Waals surface area (Å²) in [6.45, 7) is 0. The second-order valence-corrected chi connectivity index (χ2v) is 5.74. The van der Waals surface area contributed by atoms with E-state index in [1.807, 2.05) is 0 Å². The summed E-state index contributed by atoms with van der Waals surface area (Å²) in [6, 6.07) is 5.67. The molecule has 2 N–H and O–H groups in total. The lowest BCUT2D eigenvalue weighted by molar-refractivity contribution is 0.598. The van der Waals surface area contributed by atoms with Crippen LogP contribution in [0.25, 0.3) is 0 Å². The fourth-order valence-corrected chi connectivity index (χ4v) is 2.54. The Morgan fingerprint density at radius 1 is 1.21 bits per heavy atom. The van der Waals surface area contributed by atoms with Crippen molar-refractivity contribution in [1.29, 1.82) is 0 Å². The Morgan fingerprint density at radius 3 is 2.58 bits per heavy atom. The molecule has 0 atom stereocenters. The summed E-state index contributed by atoms with van der Waals surface area (Å²) < 4.78 is 39.4. The Hall–Kier alpha value is -1.86. The summed E-state index contributed by atoms with van der Waals surface area (Å²) in [5, 5.41) is 0.195. The lowest BCUT2D eigenvalue weighted by Crippen LogP contribution is -2.16. The first-order valence-electron chi connectivity index (χ1n) is 5.05. The van der Waals surface area contributed by atoms with Crippen LogP contribution < -0.4 is 10.3 Å². The molecule has 0 bridgehead atoms. The molecule has 0 amide bonds. The monoisotopic (exact) mass is 302 g/mol. The predicted octanol–water partition coefficient (Wildman–Crippen LogP) is 1.97. The lowest BCUT2D eigenvalue weighted by atomic mass is 10.3. The van der Waals surface area contributed by atoms with E-state index in [-0.39, 0.29) is 15.6 Å². The fourth-order valence-electron chi connectivity index (χ4n) is 1.34. The SMILES string of the molecule is O=c1ccc(S(=O)(=O)Nc2cc(Cl)ccc2F)c[nH]1.